The van der Waals surface area contributed by atoms with Gasteiger partial charge in [0, 0.05) is 25.2 Å². The molecule has 4 rings (SSSR count). The summed E-state index contributed by atoms with van der Waals surface area (Å²) in [5.41, 5.74) is 0.436. The number of epoxide rings is 1. The Hall–Kier alpha value is -2.18. The summed E-state index contributed by atoms with van der Waals surface area (Å²) >= 11 is 0. The van der Waals surface area contributed by atoms with E-state index < -0.39 is 23.6 Å². The van der Waals surface area contributed by atoms with Crippen LogP contribution in [0.2, 0.25) is 0 Å². The van der Waals surface area contributed by atoms with Crippen LogP contribution in [-0.2, 0) is 30.2 Å². The Kier molecular flexibility index (Phi) is 3.89. The highest BCUT2D eigenvalue weighted by molar-refractivity contribution is 5.93. The Balaban J connectivity index is 1.38. The fourth-order valence-corrected chi connectivity index (χ4v) is 3.73. The van der Waals surface area contributed by atoms with E-state index in [1.165, 1.54) is 5.56 Å². The van der Waals surface area contributed by atoms with E-state index in [1.807, 2.05) is 6.07 Å². The van der Waals surface area contributed by atoms with E-state index in [1.54, 1.807) is 6.92 Å². The summed E-state index contributed by atoms with van der Waals surface area (Å²) < 4.78 is 16.1. The molecule has 1 aromatic carbocycles. The quantitative estimate of drug-likeness (QED) is 0.618. The predicted octanol–water partition coefficient (Wildman–Crippen LogP) is 2.00. The van der Waals surface area contributed by atoms with Crippen LogP contribution in [0.5, 0.6) is 0 Å². The van der Waals surface area contributed by atoms with Crippen LogP contribution in [0.3, 0.4) is 0 Å². The molecule has 132 valence electrons. The normalized spacial score (nSPS) is 29.2. The van der Waals surface area contributed by atoms with Crippen molar-refractivity contribution in [1.82, 2.24) is 4.90 Å². The summed E-state index contributed by atoms with van der Waals surface area (Å²) in [5.74, 6) is -2.27. The van der Waals surface area contributed by atoms with Gasteiger partial charge in [-0.3, -0.25) is 9.64 Å². The number of benzene rings is 1. The molecule has 25 heavy (non-hydrogen) atoms. The molecule has 3 aliphatic rings. The van der Waals surface area contributed by atoms with Crippen molar-refractivity contribution in [2.75, 3.05) is 13.1 Å². The van der Waals surface area contributed by atoms with Gasteiger partial charge in [0.25, 0.3) is 0 Å². The van der Waals surface area contributed by atoms with Crippen LogP contribution in [0.15, 0.2) is 42.5 Å². The van der Waals surface area contributed by atoms with Crippen molar-refractivity contribution in [3.8, 4) is 0 Å². The summed E-state index contributed by atoms with van der Waals surface area (Å²) in [6, 6.07) is 10.5. The molecular weight excluding hydrogens is 322 g/mol. The Morgan fingerprint density at radius 3 is 2.24 bits per heavy atom. The third-order valence-corrected chi connectivity index (χ3v) is 5.27. The number of hydrogen-bond donors (Lipinski definition) is 0. The molecule has 0 N–H and O–H groups in total. The Labute approximate surface area is 146 Å². The van der Waals surface area contributed by atoms with Crippen LogP contribution >= 0.6 is 0 Å². The maximum atomic E-state index is 11.7. The number of ether oxygens (including phenoxy) is 3. The van der Waals surface area contributed by atoms with Crippen molar-refractivity contribution in [2.45, 2.75) is 37.9 Å². The van der Waals surface area contributed by atoms with Gasteiger partial charge >= 0.3 is 17.9 Å². The molecule has 6 heteroatoms. The molecule has 1 unspecified atom stereocenters. The fraction of sp³-hybridized carbons (Fsp3) is 0.474. The number of nitrogens with zero attached hydrogens (tertiary/aromatic N) is 1. The zero-order valence-corrected chi connectivity index (χ0v) is 14.1. The third kappa shape index (κ3) is 2.96. The maximum absolute atomic E-state index is 11.7. The molecule has 3 heterocycles. The minimum Gasteiger partial charge on any atom is -0.391 e. The van der Waals surface area contributed by atoms with Gasteiger partial charge in [0.2, 0.25) is 5.72 Å². The molecule has 0 aromatic heterocycles. The van der Waals surface area contributed by atoms with E-state index in [0.29, 0.717) is 5.92 Å². The number of rotatable bonds is 3. The third-order valence-electron chi connectivity index (χ3n) is 5.27. The standard InChI is InChI=1S/C19H21NO5/c1-18(19(25-18)23-16(21)7-8-17(22)24-19)20-11-9-15(10-12-20)13-14-5-3-2-4-6-14/h2-8,15H,9-13H2,1H3. The largest absolute Gasteiger partial charge is 0.424 e. The molecule has 3 aliphatic heterocycles. The summed E-state index contributed by atoms with van der Waals surface area (Å²) in [5, 5.41) is 0. The van der Waals surface area contributed by atoms with Gasteiger partial charge in [0.15, 0.2) is 0 Å². The molecule has 2 fully saturated rings. The van der Waals surface area contributed by atoms with E-state index in [9.17, 15) is 9.59 Å². The molecule has 1 spiro atoms. The highest BCUT2D eigenvalue weighted by atomic mass is 17.0. The topological polar surface area (TPSA) is 68.4 Å². The molecule has 0 amide bonds. The average Bonchev–Trinajstić information content (AvgIpc) is 3.22. The van der Waals surface area contributed by atoms with Crippen molar-refractivity contribution in [3.63, 3.8) is 0 Å². The molecular formula is C19H21NO5. The fourth-order valence-electron chi connectivity index (χ4n) is 3.73. The van der Waals surface area contributed by atoms with Crippen molar-refractivity contribution in [3.05, 3.63) is 48.0 Å². The van der Waals surface area contributed by atoms with Crippen LogP contribution in [0.1, 0.15) is 25.3 Å². The number of piperidine rings is 1. The molecule has 1 aromatic rings. The van der Waals surface area contributed by atoms with Crippen LogP contribution in [-0.4, -0.2) is 41.6 Å². The molecule has 2 saturated heterocycles. The first kappa shape index (κ1) is 16.3. The van der Waals surface area contributed by atoms with Crippen molar-refractivity contribution in [1.29, 1.82) is 0 Å². The van der Waals surface area contributed by atoms with E-state index >= 15 is 0 Å². The number of carbonyl (C=O) groups excluding carboxylic acids is 2. The number of hydrogen-bond acceptors (Lipinski definition) is 6. The van der Waals surface area contributed by atoms with Gasteiger partial charge in [-0.1, -0.05) is 30.3 Å². The zero-order valence-electron chi connectivity index (χ0n) is 14.1. The van der Waals surface area contributed by atoms with Gasteiger partial charge in [0.05, 0.1) is 0 Å². The molecule has 6 nitrogen and oxygen atoms in total. The summed E-state index contributed by atoms with van der Waals surface area (Å²) in [6.45, 7) is 3.41. The lowest BCUT2D eigenvalue weighted by Gasteiger charge is -2.34. The molecule has 0 bridgehead atoms. The zero-order chi connectivity index (χ0) is 17.5. The smallest absolute Gasteiger partial charge is 0.391 e. The second-order valence-corrected chi connectivity index (χ2v) is 6.94. The van der Waals surface area contributed by atoms with Gasteiger partial charge in [-0.05, 0) is 37.7 Å². The average molecular weight is 343 g/mol. The van der Waals surface area contributed by atoms with Crippen molar-refractivity contribution < 1.29 is 23.8 Å². The second kappa shape index (κ2) is 5.97. The Morgan fingerprint density at radius 2 is 1.64 bits per heavy atom. The lowest BCUT2D eigenvalue weighted by Crippen LogP contribution is -2.48. The first-order valence-corrected chi connectivity index (χ1v) is 8.64. The number of likely N-dealkylation sites (tertiary alicyclic amines) is 1. The van der Waals surface area contributed by atoms with Crippen LogP contribution in [0, 0.1) is 5.92 Å². The Morgan fingerprint density at radius 1 is 1.04 bits per heavy atom. The number of esters is 2. The summed E-state index contributed by atoms with van der Waals surface area (Å²) in [7, 11) is 0. The molecule has 0 aliphatic carbocycles. The number of carbonyl (C=O) groups is 2. The Bertz CT molecular complexity index is 688. The van der Waals surface area contributed by atoms with Crippen LogP contribution in [0.4, 0.5) is 0 Å². The first-order valence-electron chi connectivity index (χ1n) is 8.64. The van der Waals surface area contributed by atoms with Gasteiger partial charge in [0.1, 0.15) is 0 Å². The summed E-state index contributed by atoms with van der Waals surface area (Å²) in [4.78, 5) is 25.4. The highest BCUT2D eigenvalue weighted by Gasteiger charge is 2.79. The minimum atomic E-state index is -1.61. The van der Waals surface area contributed by atoms with Crippen molar-refractivity contribution >= 4 is 11.9 Å². The first-order chi connectivity index (χ1) is 12.0. The molecule has 1 atom stereocenters. The lowest BCUT2D eigenvalue weighted by atomic mass is 9.89. The monoisotopic (exact) mass is 343 g/mol. The molecule has 0 saturated carbocycles. The predicted molar refractivity (Wildman–Crippen MR) is 88.0 cm³/mol. The van der Waals surface area contributed by atoms with E-state index in [2.05, 4.69) is 29.2 Å². The van der Waals surface area contributed by atoms with Crippen LogP contribution < -0.4 is 0 Å². The van der Waals surface area contributed by atoms with E-state index in [4.69, 9.17) is 14.2 Å². The maximum Gasteiger partial charge on any atom is 0.424 e. The highest BCUT2D eigenvalue weighted by Crippen LogP contribution is 2.53. The van der Waals surface area contributed by atoms with Crippen LogP contribution in [0.25, 0.3) is 0 Å². The van der Waals surface area contributed by atoms with Gasteiger partial charge < -0.3 is 9.47 Å². The van der Waals surface area contributed by atoms with Crippen molar-refractivity contribution in [2.24, 2.45) is 5.92 Å². The van der Waals surface area contributed by atoms with E-state index in [-0.39, 0.29) is 0 Å². The van der Waals surface area contributed by atoms with Gasteiger partial charge in [-0.2, -0.15) is 0 Å². The second-order valence-electron chi connectivity index (χ2n) is 6.94. The molecule has 0 radical (unpaired) electrons. The van der Waals surface area contributed by atoms with Gasteiger partial charge in [-0.25, -0.2) is 9.59 Å². The lowest BCUT2D eigenvalue weighted by molar-refractivity contribution is -0.218. The SMILES string of the molecule is CC1(N2CCC(Cc3ccccc3)CC2)OC12OC(=O)C=CC(=O)O2. The van der Waals surface area contributed by atoms with E-state index in [0.717, 1.165) is 44.5 Å². The minimum absolute atomic E-state index is 0.609. The van der Waals surface area contributed by atoms with Gasteiger partial charge in [-0.15, -0.1) is 0 Å². The summed E-state index contributed by atoms with van der Waals surface area (Å²) in [6.07, 6.45) is 5.22.